The summed E-state index contributed by atoms with van der Waals surface area (Å²) in [4.78, 5) is 20.8. The average molecular weight is 372 g/mol. The van der Waals surface area contributed by atoms with Gasteiger partial charge in [0.2, 0.25) is 0 Å². The summed E-state index contributed by atoms with van der Waals surface area (Å²) in [5, 5.41) is 18.4. The van der Waals surface area contributed by atoms with Crippen molar-refractivity contribution in [2.75, 3.05) is 13.2 Å². The lowest BCUT2D eigenvalue weighted by Gasteiger charge is -2.26. The van der Waals surface area contributed by atoms with E-state index in [2.05, 4.69) is 13.8 Å². The maximum atomic E-state index is 10.4. The van der Waals surface area contributed by atoms with Crippen LogP contribution in [0.5, 0.6) is 11.5 Å². The zero-order valence-corrected chi connectivity index (χ0v) is 15.4. The van der Waals surface area contributed by atoms with E-state index in [1.54, 1.807) is 24.3 Å². The van der Waals surface area contributed by atoms with Gasteiger partial charge in [0, 0.05) is 5.41 Å². The van der Waals surface area contributed by atoms with E-state index < -0.39 is 12.2 Å². The minimum Gasteiger partial charge on any atom is -0.490 e. The third-order valence-corrected chi connectivity index (χ3v) is 4.31. The Morgan fingerprint density at radius 1 is 0.778 bits per heavy atom. The Morgan fingerprint density at radius 3 is 1.41 bits per heavy atom. The third-order valence-electron chi connectivity index (χ3n) is 4.31. The molecule has 0 saturated carbocycles. The van der Waals surface area contributed by atoms with E-state index in [4.69, 9.17) is 9.47 Å². The van der Waals surface area contributed by atoms with Gasteiger partial charge < -0.3 is 29.3 Å². The summed E-state index contributed by atoms with van der Waals surface area (Å²) in [6.45, 7) is 4.02. The monoisotopic (exact) mass is 372 g/mol. The quantitative estimate of drug-likeness (QED) is 0.619. The van der Waals surface area contributed by atoms with Crippen LogP contribution in [0.3, 0.4) is 0 Å². The molecule has 0 spiro atoms. The molecule has 0 saturated heterocycles. The van der Waals surface area contributed by atoms with Crippen molar-refractivity contribution in [3.8, 4) is 11.5 Å². The molecule has 2 N–H and O–H groups in total. The van der Waals surface area contributed by atoms with Gasteiger partial charge >= 0.3 is 0 Å². The van der Waals surface area contributed by atoms with Gasteiger partial charge in [0.1, 0.15) is 36.9 Å². The van der Waals surface area contributed by atoms with Crippen LogP contribution in [0.25, 0.3) is 0 Å². The first-order valence-electron chi connectivity index (χ1n) is 8.60. The van der Waals surface area contributed by atoms with Crippen LogP contribution in [0.1, 0.15) is 25.0 Å². The summed E-state index contributed by atoms with van der Waals surface area (Å²) in [5.74, 6) is 1.15. The molecule has 2 aromatic carbocycles. The maximum Gasteiger partial charge on any atom is 0.151 e. The number of aliphatic hydroxyl groups excluding tert-OH is 2. The van der Waals surface area contributed by atoms with E-state index in [9.17, 15) is 19.8 Å². The molecular formula is C21H24O6. The Morgan fingerprint density at radius 2 is 1.11 bits per heavy atom. The molecule has 0 aliphatic carbocycles. The highest BCUT2D eigenvalue weighted by Crippen LogP contribution is 2.33. The molecule has 0 aromatic heterocycles. The van der Waals surface area contributed by atoms with Crippen LogP contribution in [0.4, 0.5) is 0 Å². The molecule has 2 atom stereocenters. The van der Waals surface area contributed by atoms with Crippen molar-refractivity contribution in [1.82, 2.24) is 0 Å². The molecule has 2 aromatic rings. The number of carbonyl (C=O) groups excluding carboxylic acids is 2. The van der Waals surface area contributed by atoms with Crippen molar-refractivity contribution in [2.45, 2.75) is 31.5 Å². The van der Waals surface area contributed by atoms with Gasteiger partial charge in [-0.25, -0.2) is 0 Å². The molecule has 0 aliphatic heterocycles. The zero-order chi connectivity index (χ0) is 19.9. The van der Waals surface area contributed by atoms with Gasteiger partial charge in [-0.1, -0.05) is 38.1 Å². The smallest absolute Gasteiger partial charge is 0.151 e. The Labute approximate surface area is 158 Å². The van der Waals surface area contributed by atoms with Crippen LogP contribution in [0.2, 0.25) is 0 Å². The molecule has 144 valence electrons. The molecule has 27 heavy (non-hydrogen) atoms. The Kier molecular flexibility index (Phi) is 7.10. The number of hydrogen-bond donors (Lipinski definition) is 2. The van der Waals surface area contributed by atoms with Crippen molar-refractivity contribution in [2.24, 2.45) is 0 Å². The Hall–Kier alpha value is -2.70. The lowest BCUT2D eigenvalue weighted by molar-refractivity contribution is -0.116. The fraction of sp³-hybridized carbons (Fsp3) is 0.333. The number of hydrogen-bond acceptors (Lipinski definition) is 6. The van der Waals surface area contributed by atoms with Crippen LogP contribution in [0.15, 0.2) is 48.5 Å². The first kappa shape index (κ1) is 20.6. The molecule has 2 unspecified atom stereocenters. The van der Waals surface area contributed by atoms with Gasteiger partial charge in [-0.2, -0.15) is 0 Å². The maximum absolute atomic E-state index is 10.4. The van der Waals surface area contributed by atoms with Gasteiger partial charge in [-0.3, -0.25) is 0 Å². The van der Waals surface area contributed by atoms with Crippen molar-refractivity contribution >= 4 is 12.6 Å². The number of ether oxygens (including phenoxy) is 2. The number of aldehydes is 2. The summed E-state index contributed by atoms with van der Waals surface area (Å²) < 4.78 is 10.7. The zero-order valence-electron chi connectivity index (χ0n) is 15.4. The standard InChI is InChI=1S/C21H24O6/c1-21(2,15-3-7-19(8-4-15)26-13-17(24)11-22)16-5-9-20(10-6-16)27-14-18(25)12-23/h3-12,17-18,24-25H,13-14H2,1-2H3. The second-order valence-corrected chi connectivity index (χ2v) is 6.70. The van der Waals surface area contributed by atoms with Crippen molar-refractivity contribution < 1.29 is 29.3 Å². The number of aliphatic hydroxyl groups is 2. The molecule has 2 rings (SSSR count). The summed E-state index contributed by atoms with van der Waals surface area (Å²) >= 11 is 0. The average Bonchev–Trinajstić information content (AvgIpc) is 2.70. The van der Waals surface area contributed by atoms with E-state index in [1.165, 1.54) is 0 Å². The summed E-state index contributed by atoms with van der Waals surface area (Å²) in [7, 11) is 0. The first-order chi connectivity index (χ1) is 12.9. The predicted octanol–water partition coefficient (Wildman–Crippen LogP) is 1.89. The van der Waals surface area contributed by atoms with Gasteiger partial charge in [-0.05, 0) is 35.4 Å². The van der Waals surface area contributed by atoms with Gasteiger partial charge in [0.05, 0.1) is 0 Å². The fourth-order valence-electron chi connectivity index (χ4n) is 2.54. The van der Waals surface area contributed by atoms with Crippen LogP contribution >= 0.6 is 0 Å². The molecule has 0 amide bonds. The number of carbonyl (C=O) groups is 2. The van der Waals surface area contributed by atoms with E-state index in [0.717, 1.165) is 11.1 Å². The van der Waals surface area contributed by atoms with Gasteiger partial charge in [0.25, 0.3) is 0 Å². The largest absolute Gasteiger partial charge is 0.490 e. The van der Waals surface area contributed by atoms with Crippen LogP contribution in [-0.2, 0) is 15.0 Å². The van der Waals surface area contributed by atoms with Crippen molar-refractivity contribution in [1.29, 1.82) is 0 Å². The van der Waals surface area contributed by atoms with Crippen LogP contribution in [0, 0.1) is 0 Å². The lowest BCUT2D eigenvalue weighted by atomic mass is 9.78. The molecule has 6 nitrogen and oxygen atoms in total. The molecule has 6 heteroatoms. The fourth-order valence-corrected chi connectivity index (χ4v) is 2.54. The highest BCUT2D eigenvalue weighted by atomic mass is 16.5. The third kappa shape index (κ3) is 5.64. The minimum absolute atomic E-state index is 0.0769. The lowest BCUT2D eigenvalue weighted by Crippen LogP contribution is -2.20. The molecule has 0 aliphatic rings. The highest BCUT2D eigenvalue weighted by Gasteiger charge is 2.23. The van der Waals surface area contributed by atoms with Crippen LogP contribution in [-0.4, -0.2) is 48.2 Å². The van der Waals surface area contributed by atoms with E-state index >= 15 is 0 Å². The number of rotatable bonds is 10. The summed E-state index contributed by atoms with van der Waals surface area (Å²) in [6, 6.07) is 14.9. The topological polar surface area (TPSA) is 93.1 Å². The molecule has 0 heterocycles. The predicted molar refractivity (Wildman–Crippen MR) is 100 cm³/mol. The first-order valence-corrected chi connectivity index (χ1v) is 8.60. The van der Waals surface area contributed by atoms with Gasteiger partial charge in [0.15, 0.2) is 12.6 Å². The normalized spacial score (nSPS) is 13.5. The van der Waals surface area contributed by atoms with E-state index in [0.29, 0.717) is 24.1 Å². The molecule has 0 radical (unpaired) electrons. The van der Waals surface area contributed by atoms with E-state index in [1.807, 2.05) is 24.3 Å². The van der Waals surface area contributed by atoms with Crippen LogP contribution < -0.4 is 9.47 Å². The van der Waals surface area contributed by atoms with Gasteiger partial charge in [-0.15, -0.1) is 0 Å². The summed E-state index contributed by atoms with van der Waals surface area (Å²) in [6.07, 6.45) is -1.39. The SMILES string of the molecule is CC(C)(c1ccc(OCC(O)C=O)cc1)c1ccc(OCC(O)C=O)cc1. The Balaban J connectivity index is 2.06. The summed E-state index contributed by atoms with van der Waals surface area (Å²) in [5.41, 5.74) is 1.86. The van der Waals surface area contributed by atoms with E-state index in [-0.39, 0.29) is 18.6 Å². The highest BCUT2D eigenvalue weighted by molar-refractivity contribution is 5.56. The second kappa shape index (κ2) is 9.30. The molecular weight excluding hydrogens is 348 g/mol. The second-order valence-electron chi connectivity index (χ2n) is 6.70. The van der Waals surface area contributed by atoms with Crippen molar-refractivity contribution in [3.05, 3.63) is 59.7 Å². The molecule has 0 bridgehead atoms. The Bertz CT molecular complexity index is 673. The number of benzene rings is 2. The minimum atomic E-state index is -1.13. The van der Waals surface area contributed by atoms with Crippen molar-refractivity contribution in [3.63, 3.8) is 0 Å². The molecule has 0 fully saturated rings.